The van der Waals surface area contributed by atoms with Gasteiger partial charge < -0.3 is 10.6 Å². The van der Waals surface area contributed by atoms with Crippen molar-refractivity contribution in [1.82, 2.24) is 20.4 Å². The monoisotopic (exact) mass is 379 g/mol. The van der Waals surface area contributed by atoms with Crippen molar-refractivity contribution in [2.24, 2.45) is 4.99 Å². The molecule has 0 fully saturated rings. The molecule has 3 aromatic rings. The fraction of sp³-hybridized carbons (Fsp3) is 0.273. The zero-order chi connectivity index (χ0) is 19.8. The molecular weight excluding hydrogens is 353 g/mol. The Hall–Kier alpha value is -3.15. The highest BCUT2D eigenvalue weighted by molar-refractivity contribution is 5.79. The van der Waals surface area contributed by atoms with E-state index in [2.05, 4.69) is 32.9 Å². The second kappa shape index (κ2) is 9.69. The third-order valence-corrected chi connectivity index (χ3v) is 4.44. The molecule has 3 rings (SSSR count). The molecule has 0 spiro atoms. The largest absolute Gasteiger partial charge is 0.357 e. The number of halogens is 1. The molecule has 0 unspecified atom stereocenters. The Morgan fingerprint density at radius 3 is 2.64 bits per heavy atom. The van der Waals surface area contributed by atoms with Gasteiger partial charge in [0.15, 0.2) is 5.96 Å². The van der Waals surface area contributed by atoms with Crippen LogP contribution in [0.2, 0.25) is 0 Å². The molecule has 146 valence electrons. The Morgan fingerprint density at radius 1 is 1.11 bits per heavy atom. The molecule has 0 saturated heterocycles. The van der Waals surface area contributed by atoms with Gasteiger partial charge in [0.05, 0.1) is 13.1 Å². The van der Waals surface area contributed by atoms with E-state index in [0.29, 0.717) is 18.7 Å². The maximum Gasteiger partial charge on any atom is 0.191 e. The second-order valence-corrected chi connectivity index (χ2v) is 6.60. The van der Waals surface area contributed by atoms with Gasteiger partial charge >= 0.3 is 0 Å². The van der Waals surface area contributed by atoms with Crippen molar-refractivity contribution in [2.75, 3.05) is 6.54 Å². The number of nitrogens with zero attached hydrogens (tertiary/aromatic N) is 3. The molecular formula is C22H26FN5. The molecule has 6 heteroatoms. The first-order valence-electron chi connectivity index (χ1n) is 9.47. The third-order valence-electron chi connectivity index (χ3n) is 4.44. The van der Waals surface area contributed by atoms with Crippen LogP contribution in [-0.4, -0.2) is 22.3 Å². The number of guanidine groups is 1. The maximum absolute atomic E-state index is 13.4. The lowest BCUT2D eigenvalue weighted by molar-refractivity contribution is 0.617. The Morgan fingerprint density at radius 2 is 1.93 bits per heavy atom. The van der Waals surface area contributed by atoms with Crippen molar-refractivity contribution >= 4 is 5.96 Å². The van der Waals surface area contributed by atoms with Crippen LogP contribution in [-0.2, 0) is 19.6 Å². The van der Waals surface area contributed by atoms with E-state index in [4.69, 9.17) is 0 Å². The number of aryl methyl sites for hydroxylation is 1. The van der Waals surface area contributed by atoms with Crippen molar-refractivity contribution in [2.45, 2.75) is 33.5 Å². The Bertz CT molecular complexity index is 918. The highest BCUT2D eigenvalue weighted by Gasteiger charge is 2.05. The average molecular weight is 379 g/mol. The molecule has 5 nitrogen and oxygen atoms in total. The summed E-state index contributed by atoms with van der Waals surface area (Å²) in [5, 5.41) is 10.9. The molecule has 28 heavy (non-hydrogen) atoms. The molecule has 0 radical (unpaired) electrons. The van der Waals surface area contributed by atoms with Gasteiger partial charge in [0, 0.05) is 25.5 Å². The van der Waals surface area contributed by atoms with E-state index in [0.717, 1.165) is 24.6 Å². The van der Waals surface area contributed by atoms with E-state index < -0.39 is 0 Å². The van der Waals surface area contributed by atoms with Gasteiger partial charge in [-0.3, -0.25) is 4.68 Å². The van der Waals surface area contributed by atoms with E-state index in [1.54, 1.807) is 19.2 Å². The topological polar surface area (TPSA) is 54.2 Å². The van der Waals surface area contributed by atoms with Crippen LogP contribution in [0.4, 0.5) is 4.39 Å². The summed E-state index contributed by atoms with van der Waals surface area (Å²) in [6.07, 6.45) is 3.74. The van der Waals surface area contributed by atoms with E-state index in [1.165, 1.54) is 17.2 Å². The highest BCUT2D eigenvalue weighted by Crippen LogP contribution is 2.11. The standard InChI is InChI=1S/C22H26FN5/c1-3-24-22(25-14-18-9-10-21(23)17(2)13-18)26-15-19-7-4-5-8-20(19)16-28-12-6-11-27-28/h4-13H,3,14-16H2,1-2H3,(H2,24,25,26). The molecule has 0 bridgehead atoms. The fourth-order valence-electron chi connectivity index (χ4n) is 2.95. The van der Waals surface area contributed by atoms with Crippen LogP contribution in [0.3, 0.4) is 0 Å². The first-order valence-corrected chi connectivity index (χ1v) is 9.47. The van der Waals surface area contributed by atoms with Gasteiger partial charge in [0.2, 0.25) is 0 Å². The van der Waals surface area contributed by atoms with Crippen LogP contribution < -0.4 is 10.6 Å². The van der Waals surface area contributed by atoms with Gasteiger partial charge in [-0.2, -0.15) is 5.10 Å². The van der Waals surface area contributed by atoms with E-state index >= 15 is 0 Å². The minimum absolute atomic E-state index is 0.188. The number of rotatable bonds is 7. The van der Waals surface area contributed by atoms with Crippen molar-refractivity contribution < 1.29 is 4.39 Å². The minimum Gasteiger partial charge on any atom is -0.357 e. The van der Waals surface area contributed by atoms with Gasteiger partial charge in [-0.15, -0.1) is 0 Å². The van der Waals surface area contributed by atoms with Crippen LogP contribution in [0.5, 0.6) is 0 Å². The number of aliphatic imine (C=N–C) groups is 1. The first-order chi connectivity index (χ1) is 13.7. The first kappa shape index (κ1) is 19.6. The fourth-order valence-corrected chi connectivity index (χ4v) is 2.95. The summed E-state index contributed by atoms with van der Waals surface area (Å²) in [5.74, 6) is 0.546. The zero-order valence-corrected chi connectivity index (χ0v) is 16.3. The Kier molecular flexibility index (Phi) is 6.78. The maximum atomic E-state index is 13.4. The lowest BCUT2D eigenvalue weighted by atomic mass is 10.1. The lowest BCUT2D eigenvalue weighted by Crippen LogP contribution is -2.37. The average Bonchev–Trinajstić information content (AvgIpc) is 3.21. The SMILES string of the molecule is CCNC(=NCc1ccc(F)c(C)c1)NCc1ccccc1Cn1cccn1. The smallest absolute Gasteiger partial charge is 0.191 e. The van der Waals surface area contributed by atoms with Crippen LogP contribution in [0, 0.1) is 12.7 Å². The quantitative estimate of drug-likeness (QED) is 0.487. The molecule has 0 aliphatic rings. The normalized spacial score (nSPS) is 11.5. The van der Waals surface area contributed by atoms with Gasteiger partial charge in [-0.25, -0.2) is 9.38 Å². The van der Waals surface area contributed by atoms with E-state index in [9.17, 15) is 4.39 Å². The van der Waals surface area contributed by atoms with Crippen LogP contribution >= 0.6 is 0 Å². The molecule has 0 aliphatic heterocycles. The molecule has 0 saturated carbocycles. The summed E-state index contributed by atoms with van der Waals surface area (Å²) < 4.78 is 15.3. The van der Waals surface area contributed by atoms with Crippen molar-refractivity contribution in [3.05, 3.63) is 89.0 Å². The van der Waals surface area contributed by atoms with Gasteiger partial charge in [0.25, 0.3) is 0 Å². The van der Waals surface area contributed by atoms with Crippen molar-refractivity contribution in [1.29, 1.82) is 0 Å². The number of benzene rings is 2. The van der Waals surface area contributed by atoms with E-state index in [1.807, 2.05) is 42.1 Å². The zero-order valence-electron chi connectivity index (χ0n) is 16.3. The van der Waals surface area contributed by atoms with Crippen LogP contribution in [0.15, 0.2) is 65.9 Å². The van der Waals surface area contributed by atoms with Gasteiger partial charge in [0.1, 0.15) is 5.82 Å². The summed E-state index contributed by atoms with van der Waals surface area (Å²) in [7, 11) is 0. The van der Waals surface area contributed by atoms with Crippen molar-refractivity contribution in [3.63, 3.8) is 0 Å². The summed E-state index contributed by atoms with van der Waals surface area (Å²) in [6.45, 7) is 6.45. The summed E-state index contributed by atoms with van der Waals surface area (Å²) >= 11 is 0. The molecule has 2 aromatic carbocycles. The van der Waals surface area contributed by atoms with Gasteiger partial charge in [-0.05, 0) is 48.2 Å². The summed E-state index contributed by atoms with van der Waals surface area (Å²) in [5.41, 5.74) is 4.03. The third kappa shape index (κ3) is 5.42. The van der Waals surface area contributed by atoms with Crippen LogP contribution in [0.25, 0.3) is 0 Å². The summed E-state index contributed by atoms with van der Waals surface area (Å²) in [6, 6.07) is 15.3. The lowest BCUT2D eigenvalue weighted by Gasteiger charge is -2.14. The highest BCUT2D eigenvalue weighted by atomic mass is 19.1. The molecule has 1 heterocycles. The molecule has 0 amide bonds. The summed E-state index contributed by atoms with van der Waals surface area (Å²) in [4.78, 5) is 4.63. The van der Waals surface area contributed by atoms with Crippen molar-refractivity contribution in [3.8, 4) is 0 Å². The molecule has 1 aromatic heterocycles. The predicted molar refractivity (Wildman–Crippen MR) is 111 cm³/mol. The number of aromatic nitrogens is 2. The van der Waals surface area contributed by atoms with Crippen LogP contribution in [0.1, 0.15) is 29.2 Å². The Labute approximate surface area is 165 Å². The number of hydrogen-bond acceptors (Lipinski definition) is 2. The molecule has 2 N–H and O–H groups in total. The predicted octanol–water partition coefficient (Wildman–Crippen LogP) is 3.63. The minimum atomic E-state index is -0.188. The Balaban J connectivity index is 1.67. The second-order valence-electron chi connectivity index (χ2n) is 6.60. The number of nitrogens with one attached hydrogen (secondary N) is 2. The van der Waals surface area contributed by atoms with E-state index in [-0.39, 0.29) is 5.82 Å². The number of hydrogen-bond donors (Lipinski definition) is 2. The molecule has 0 aliphatic carbocycles. The van der Waals surface area contributed by atoms with Gasteiger partial charge in [-0.1, -0.05) is 36.4 Å². The molecule has 0 atom stereocenters.